The van der Waals surface area contributed by atoms with Crippen LogP contribution in [0.4, 0.5) is 18.9 Å². The molecule has 2 atom stereocenters. The number of hydrogen-bond donors (Lipinski definition) is 2. The maximum atomic E-state index is 12.7. The van der Waals surface area contributed by atoms with Crippen molar-refractivity contribution in [1.29, 1.82) is 0 Å². The first-order chi connectivity index (χ1) is 9.75. The summed E-state index contributed by atoms with van der Waals surface area (Å²) < 4.78 is 38.1. The van der Waals surface area contributed by atoms with Gasteiger partial charge in [0.2, 0.25) is 5.91 Å². The lowest BCUT2D eigenvalue weighted by Crippen LogP contribution is -2.40. The van der Waals surface area contributed by atoms with Crippen molar-refractivity contribution in [2.45, 2.75) is 32.0 Å². The fourth-order valence-electron chi connectivity index (χ4n) is 2.44. The quantitative estimate of drug-likeness (QED) is 0.872. The van der Waals surface area contributed by atoms with Gasteiger partial charge in [-0.1, -0.05) is 11.6 Å². The predicted molar refractivity (Wildman–Crippen MR) is 75.3 cm³/mol. The van der Waals surface area contributed by atoms with E-state index in [2.05, 4.69) is 10.6 Å². The highest BCUT2D eigenvalue weighted by molar-refractivity contribution is 6.31. The molecule has 0 saturated carbocycles. The largest absolute Gasteiger partial charge is 0.416 e. The second-order valence-electron chi connectivity index (χ2n) is 5.29. The Morgan fingerprint density at radius 3 is 2.71 bits per heavy atom. The van der Waals surface area contributed by atoms with Crippen LogP contribution in [0.2, 0.25) is 5.02 Å². The first-order valence-electron chi connectivity index (χ1n) is 6.68. The summed E-state index contributed by atoms with van der Waals surface area (Å²) in [5.41, 5.74) is -0.796. The van der Waals surface area contributed by atoms with E-state index in [1.54, 1.807) is 0 Å². The number of halogens is 4. The normalized spacial score (nSPS) is 22.9. The van der Waals surface area contributed by atoms with Crippen LogP contribution in [0, 0.1) is 5.92 Å². The number of anilines is 1. The fourth-order valence-corrected chi connectivity index (χ4v) is 2.67. The van der Waals surface area contributed by atoms with Gasteiger partial charge in [0, 0.05) is 22.7 Å². The summed E-state index contributed by atoms with van der Waals surface area (Å²) in [5, 5.41) is 5.70. The van der Waals surface area contributed by atoms with Crippen molar-refractivity contribution in [2.24, 2.45) is 5.92 Å². The number of carbonyl (C=O) groups excluding carboxylic acids is 1. The van der Waals surface area contributed by atoms with Gasteiger partial charge in [-0.25, -0.2) is 0 Å². The Bertz CT molecular complexity index is 533. The first-order valence-corrected chi connectivity index (χ1v) is 7.05. The van der Waals surface area contributed by atoms with Crippen LogP contribution in [0.5, 0.6) is 0 Å². The zero-order valence-corrected chi connectivity index (χ0v) is 12.2. The molecule has 0 radical (unpaired) electrons. The highest BCUT2D eigenvalue weighted by atomic mass is 35.5. The number of hydrogen-bond acceptors (Lipinski definition) is 2. The van der Waals surface area contributed by atoms with Crippen LogP contribution >= 0.6 is 11.6 Å². The van der Waals surface area contributed by atoms with E-state index in [-0.39, 0.29) is 28.6 Å². The van der Waals surface area contributed by atoms with Gasteiger partial charge in [-0.05, 0) is 44.5 Å². The van der Waals surface area contributed by atoms with Crippen LogP contribution in [-0.4, -0.2) is 18.5 Å². The molecule has 0 aliphatic carbocycles. The number of piperidine rings is 1. The van der Waals surface area contributed by atoms with Crippen LogP contribution in [0.1, 0.15) is 25.3 Å². The lowest BCUT2D eigenvalue weighted by atomic mass is 9.92. The molecule has 1 fully saturated rings. The van der Waals surface area contributed by atoms with E-state index in [9.17, 15) is 18.0 Å². The van der Waals surface area contributed by atoms with Gasteiger partial charge in [-0.15, -0.1) is 0 Å². The van der Waals surface area contributed by atoms with Crippen molar-refractivity contribution in [1.82, 2.24) is 5.32 Å². The minimum absolute atomic E-state index is 0.0567. The highest BCUT2D eigenvalue weighted by Crippen LogP contribution is 2.33. The lowest BCUT2D eigenvalue weighted by molar-refractivity contribution is -0.137. The summed E-state index contributed by atoms with van der Waals surface area (Å²) in [6.07, 6.45) is -3.16. The Morgan fingerprint density at radius 2 is 2.10 bits per heavy atom. The van der Waals surface area contributed by atoms with Crippen LogP contribution in [0.25, 0.3) is 0 Å². The molecule has 0 bridgehead atoms. The number of benzene rings is 1. The molecule has 2 rings (SSSR count). The zero-order valence-electron chi connectivity index (χ0n) is 11.4. The molecule has 1 saturated heterocycles. The maximum Gasteiger partial charge on any atom is 0.416 e. The van der Waals surface area contributed by atoms with Gasteiger partial charge in [0.1, 0.15) is 0 Å². The molecule has 1 aromatic rings. The standard InChI is InChI=1S/C14H16ClF3N2O/c1-8-4-9(2-3-19-8)13(21)20-12-6-10(14(16,17)18)5-11(15)7-12/h5-9,19H,2-4H2,1H3,(H,20,21). The molecule has 1 aliphatic rings. The second kappa shape index (κ2) is 6.23. The average Bonchev–Trinajstić information content (AvgIpc) is 2.37. The predicted octanol–water partition coefficient (Wildman–Crippen LogP) is 3.69. The van der Waals surface area contributed by atoms with Gasteiger partial charge in [0.25, 0.3) is 0 Å². The zero-order chi connectivity index (χ0) is 15.6. The molecule has 1 aliphatic heterocycles. The Balaban J connectivity index is 2.12. The van der Waals surface area contributed by atoms with Crippen molar-refractivity contribution in [3.63, 3.8) is 0 Å². The molecular formula is C14H16ClF3N2O. The molecule has 0 spiro atoms. The summed E-state index contributed by atoms with van der Waals surface area (Å²) in [5.74, 6) is -0.465. The highest BCUT2D eigenvalue weighted by Gasteiger charge is 2.31. The minimum Gasteiger partial charge on any atom is -0.326 e. The van der Waals surface area contributed by atoms with Gasteiger partial charge in [-0.3, -0.25) is 4.79 Å². The van der Waals surface area contributed by atoms with Crippen molar-refractivity contribution in [2.75, 3.05) is 11.9 Å². The molecule has 2 unspecified atom stereocenters. The van der Waals surface area contributed by atoms with E-state index in [0.717, 1.165) is 18.7 Å². The minimum atomic E-state index is -4.49. The third-order valence-corrected chi connectivity index (χ3v) is 3.71. The van der Waals surface area contributed by atoms with Crippen molar-refractivity contribution >= 4 is 23.2 Å². The SMILES string of the molecule is CC1CC(C(=O)Nc2cc(Cl)cc(C(F)(F)F)c2)CCN1. The van der Waals surface area contributed by atoms with Gasteiger partial charge >= 0.3 is 6.18 Å². The van der Waals surface area contributed by atoms with Gasteiger partial charge < -0.3 is 10.6 Å². The Labute approximate surface area is 125 Å². The second-order valence-corrected chi connectivity index (χ2v) is 5.73. The number of rotatable bonds is 2. The van der Waals surface area contributed by atoms with Crippen LogP contribution in [0.15, 0.2) is 18.2 Å². The van der Waals surface area contributed by atoms with Crippen molar-refractivity contribution in [3.8, 4) is 0 Å². The average molecular weight is 321 g/mol. The fraction of sp³-hybridized carbons (Fsp3) is 0.500. The van der Waals surface area contributed by atoms with Crippen molar-refractivity contribution in [3.05, 3.63) is 28.8 Å². The molecule has 1 aromatic carbocycles. The topological polar surface area (TPSA) is 41.1 Å². The van der Waals surface area contributed by atoms with E-state index in [1.165, 1.54) is 6.07 Å². The summed E-state index contributed by atoms with van der Waals surface area (Å²) >= 11 is 5.69. The van der Waals surface area contributed by atoms with E-state index >= 15 is 0 Å². The van der Waals surface area contributed by atoms with E-state index in [1.807, 2.05) is 6.92 Å². The van der Waals surface area contributed by atoms with E-state index < -0.39 is 11.7 Å². The molecule has 21 heavy (non-hydrogen) atoms. The monoisotopic (exact) mass is 320 g/mol. The van der Waals surface area contributed by atoms with Crippen LogP contribution in [-0.2, 0) is 11.0 Å². The maximum absolute atomic E-state index is 12.7. The van der Waals surface area contributed by atoms with Gasteiger partial charge in [0.15, 0.2) is 0 Å². The molecule has 2 N–H and O–H groups in total. The summed E-state index contributed by atoms with van der Waals surface area (Å²) in [4.78, 5) is 12.1. The summed E-state index contributed by atoms with van der Waals surface area (Å²) in [6.45, 7) is 2.70. The number of alkyl halides is 3. The molecule has 1 heterocycles. The molecule has 116 valence electrons. The number of carbonyl (C=O) groups is 1. The summed E-state index contributed by atoms with van der Waals surface area (Å²) in [6, 6.07) is 3.27. The lowest BCUT2D eigenvalue weighted by Gasteiger charge is -2.27. The van der Waals surface area contributed by atoms with Crippen LogP contribution < -0.4 is 10.6 Å². The van der Waals surface area contributed by atoms with Gasteiger partial charge in [0.05, 0.1) is 5.56 Å². The smallest absolute Gasteiger partial charge is 0.326 e. The molecule has 7 heteroatoms. The molecular weight excluding hydrogens is 305 g/mol. The van der Waals surface area contributed by atoms with E-state index in [4.69, 9.17) is 11.6 Å². The molecule has 0 aromatic heterocycles. The molecule has 3 nitrogen and oxygen atoms in total. The Hall–Kier alpha value is -1.27. The third-order valence-electron chi connectivity index (χ3n) is 3.49. The summed E-state index contributed by atoms with van der Waals surface area (Å²) in [7, 11) is 0. The number of nitrogens with one attached hydrogen (secondary N) is 2. The number of amides is 1. The first kappa shape index (κ1) is 16.1. The third kappa shape index (κ3) is 4.35. The Morgan fingerprint density at radius 1 is 1.38 bits per heavy atom. The van der Waals surface area contributed by atoms with Crippen molar-refractivity contribution < 1.29 is 18.0 Å². The van der Waals surface area contributed by atoms with Gasteiger partial charge in [-0.2, -0.15) is 13.2 Å². The van der Waals surface area contributed by atoms with Crippen LogP contribution in [0.3, 0.4) is 0 Å². The Kier molecular flexibility index (Phi) is 4.78. The van der Waals surface area contributed by atoms with E-state index in [0.29, 0.717) is 12.8 Å². The molecule has 1 amide bonds.